The Kier molecular flexibility index (Phi) is 25.4. The predicted molar refractivity (Wildman–Crippen MR) is 339 cm³/mol. The van der Waals surface area contributed by atoms with Crippen molar-refractivity contribution in [2.75, 3.05) is 20.0 Å². The quantitative estimate of drug-likeness (QED) is 0.0411. The first kappa shape index (κ1) is 73.8. The van der Waals surface area contributed by atoms with Crippen LogP contribution in [-0.4, -0.2) is 86.7 Å². The van der Waals surface area contributed by atoms with Crippen LogP contribution in [0.3, 0.4) is 0 Å². The fourth-order valence-corrected chi connectivity index (χ4v) is 20.2. The van der Waals surface area contributed by atoms with E-state index in [1.807, 2.05) is 5.38 Å². The molecule has 2 aliphatic rings. The number of esters is 2. The van der Waals surface area contributed by atoms with Gasteiger partial charge in [0.2, 0.25) is 35.8 Å². The summed E-state index contributed by atoms with van der Waals surface area (Å²) in [4.78, 5) is 40.4. The van der Waals surface area contributed by atoms with Crippen LogP contribution in [0.4, 0.5) is 5.69 Å². The first-order valence-electron chi connectivity index (χ1n) is 24.6. The standard InChI is InChI=1S/C25H29NO4S2.C8H10N2O3S2.C7H10BrNO3S2.C6H6BrNO4S2.C6H5BrO2S/c1-15(16-8-9-16)19-11-10-17-6-5-7-20(17)21(19)12-18(27)14-32(29,30)24-22(26-4)13-23(31-24)25(2,3)28;1-8(2,11)6-3-5(4-9)7(14-6)15(10,12)13;1-7(2,10)5-3-4(8)6(13-5)14(9,11)12;1-12-5(9)4-2-3(7)6(13-4)14(8,10)11;1-9-6(8)5-2-4(7)3-10-5/h10-11,13,15-16,28H,5-9,12,14H2,1-3H3;3,11H,1-2H3,(H2,10,12,13);3,10H,1-2H3,(H2,9,11,12);2H,1H3,(H2,8,10,11);2-3H,1H3/t15-;;;;/m1..../s1. The fraction of sp³-hybridized carbons (Fsp3) is 0.404. The molecule has 0 saturated heterocycles. The summed E-state index contributed by atoms with van der Waals surface area (Å²) < 4.78 is 103. The molecule has 33 heteroatoms. The van der Waals surface area contributed by atoms with Gasteiger partial charge in [0.15, 0.2) is 19.8 Å². The van der Waals surface area contributed by atoms with E-state index in [4.69, 9.17) is 27.3 Å². The van der Waals surface area contributed by atoms with Crippen molar-refractivity contribution in [1.29, 1.82) is 5.26 Å². The van der Waals surface area contributed by atoms with Crippen LogP contribution in [0.5, 0.6) is 0 Å². The van der Waals surface area contributed by atoms with E-state index in [-0.39, 0.29) is 55.6 Å². The van der Waals surface area contributed by atoms with Gasteiger partial charge >= 0.3 is 11.9 Å². The minimum absolute atomic E-state index is 0.0245. The highest BCUT2D eigenvalue weighted by atomic mass is 79.9. The van der Waals surface area contributed by atoms with Crippen LogP contribution in [0.15, 0.2) is 78.1 Å². The van der Waals surface area contributed by atoms with Gasteiger partial charge in [-0.05, 0) is 186 Å². The molecule has 1 aromatic carbocycles. The van der Waals surface area contributed by atoms with E-state index in [1.165, 1.54) is 87.1 Å². The monoisotopic (exact) mass is 1530 g/mol. The SMILES string of the molecule is CC(C)(O)c1cc(Br)c(S(N)(=O)=O)s1.CC(C)(O)c1cc(C#N)c(S(N)(=O)=O)s1.COC(=O)c1cc(Br)c(S(N)(=O)=O)s1.COC(=O)c1cc(Br)cs1.[C-]#[N+]c1cc(C(C)(C)O)sc1S(=O)(=O)CC(=O)Cc1c([C@H](C)C2CC2)ccc2c1CCC2. The number of Topliss-reactive ketones (excluding diaryl/α,β-unsaturated/α-hetero) is 1. The molecule has 85 heavy (non-hydrogen) atoms. The molecule has 5 aromatic heterocycles. The van der Waals surface area contributed by atoms with Gasteiger partial charge in [-0.2, -0.15) is 5.26 Å². The van der Waals surface area contributed by atoms with Gasteiger partial charge in [-0.3, -0.25) is 4.79 Å². The molecule has 0 aliphatic heterocycles. The molecule has 9 N–H and O–H groups in total. The van der Waals surface area contributed by atoms with Crippen molar-refractivity contribution in [3.63, 3.8) is 0 Å². The number of carbonyl (C=O) groups excluding carboxylic acids is 3. The highest BCUT2D eigenvalue weighted by molar-refractivity contribution is 9.11. The summed E-state index contributed by atoms with van der Waals surface area (Å²) in [7, 11) is -12.8. The highest BCUT2D eigenvalue weighted by Crippen LogP contribution is 2.46. The number of nitrogens with two attached hydrogens (primary N) is 3. The molecule has 0 amide bonds. The van der Waals surface area contributed by atoms with Crippen molar-refractivity contribution in [2.24, 2.45) is 21.3 Å². The van der Waals surface area contributed by atoms with Crippen LogP contribution >= 0.6 is 104 Å². The number of thiophene rings is 5. The lowest BCUT2D eigenvalue weighted by Gasteiger charge is -2.19. The number of primary sulfonamides is 3. The Labute approximate surface area is 539 Å². The van der Waals surface area contributed by atoms with E-state index < -0.39 is 68.4 Å². The van der Waals surface area contributed by atoms with Crippen molar-refractivity contribution >= 4 is 168 Å². The summed E-state index contributed by atoms with van der Waals surface area (Å²) in [5.74, 6) is -0.812. The lowest BCUT2D eigenvalue weighted by atomic mass is 9.86. The molecule has 0 bridgehead atoms. The van der Waals surface area contributed by atoms with E-state index in [0.717, 1.165) is 74.6 Å². The van der Waals surface area contributed by atoms with Crippen molar-refractivity contribution < 1.29 is 72.8 Å². The molecule has 6 aromatic rings. The summed E-state index contributed by atoms with van der Waals surface area (Å²) in [6.07, 6.45) is 5.56. The number of rotatable bonds is 15. The number of benzene rings is 1. The predicted octanol–water partition coefficient (Wildman–Crippen LogP) is 10.2. The van der Waals surface area contributed by atoms with Crippen molar-refractivity contribution in [3.8, 4) is 6.07 Å². The highest BCUT2D eigenvalue weighted by Gasteiger charge is 2.34. The van der Waals surface area contributed by atoms with Crippen LogP contribution in [0.1, 0.15) is 135 Å². The fourth-order valence-electron chi connectivity index (χ4n) is 7.82. The average molecular weight is 1540 g/mol. The second-order valence-electron chi connectivity index (χ2n) is 20.5. The van der Waals surface area contributed by atoms with E-state index in [2.05, 4.69) is 81.2 Å². The number of sulfonamides is 3. The van der Waals surface area contributed by atoms with E-state index >= 15 is 0 Å². The van der Waals surface area contributed by atoms with Crippen LogP contribution < -0.4 is 15.4 Å². The Balaban J connectivity index is 0.000000247. The molecule has 8 rings (SSSR count). The van der Waals surface area contributed by atoms with E-state index in [1.54, 1.807) is 45.9 Å². The summed E-state index contributed by atoms with van der Waals surface area (Å²) in [5, 5.41) is 54.9. The Morgan fingerprint density at radius 2 is 1.20 bits per heavy atom. The number of methoxy groups -OCH3 is 2. The number of aryl methyl sites for hydroxylation is 1. The number of hydrogen-bond donors (Lipinski definition) is 6. The first-order chi connectivity index (χ1) is 38.9. The molecule has 5 heterocycles. The molecular formula is C52H60Br3N5O16S9. The Hall–Kier alpha value is -3.69. The molecule has 1 saturated carbocycles. The van der Waals surface area contributed by atoms with Gasteiger partial charge in [0.05, 0.1) is 43.2 Å². The third-order valence-corrected chi connectivity index (χ3v) is 28.3. The van der Waals surface area contributed by atoms with Crippen LogP contribution in [0.25, 0.3) is 4.85 Å². The summed E-state index contributed by atoms with van der Waals surface area (Å²) in [6, 6.07) is 13.5. The van der Waals surface area contributed by atoms with Gasteiger partial charge in [-0.15, -0.1) is 56.7 Å². The van der Waals surface area contributed by atoms with Gasteiger partial charge in [-0.25, -0.2) is 63.5 Å². The second kappa shape index (κ2) is 29.3. The molecule has 21 nitrogen and oxygen atoms in total. The zero-order valence-electron chi connectivity index (χ0n) is 46.8. The lowest BCUT2D eigenvalue weighted by molar-refractivity contribution is -0.116. The summed E-state index contributed by atoms with van der Waals surface area (Å²) >= 11 is 14.1. The maximum absolute atomic E-state index is 13.1. The summed E-state index contributed by atoms with van der Waals surface area (Å²) in [6.45, 7) is 18.8. The van der Waals surface area contributed by atoms with Crippen molar-refractivity contribution in [3.05, 3.63) is 125 Å². The van der Waals surface area contributed by atoms with Crippen molar-refractivity contribution in [1.82, 2.24) is 0 Å². The van der Waals surface area contributed by atoms with E-state index in [0.29, 0.717) is 35.8 Å². The molecule has 0 radical (unpaired) electrons. The number of sulfone groups is 1. The van der Waals surface area contributed by atoms with Crippen LogP contribution in [-0.2, 0) is 90.2 Å². The number of hydrogen-bond acceptors (Lipinski definition) is 22. The number of ether oxygens (including phenoxy) is 2. The van der Waals surface area contributed by atoms with Crippen molar-refractivity contribution in [2.45, 2.75) is 127 Å². The van der Waals surface area contributed by atoms with Crippen LogP contribution in [0, 0.1) is 23.8 Å². The topological polar surface area (TPSA) is 373 Å². The number of aliphatic hydroxyl groups is 3. The molecular weight excluding hydrogens is 1480 g/mol. The average Bonchev–Trinajstić information content (AvgIpc) is 2.14. The Morgan fingerprint density at radius 3 is 1.62 bits per heavy atom. The number of fused-ring (bicyclic) bond motifs is 1. The number of ketones is 1. The maximum Gasteiger partial charge on any atom is 0.348 e. The maximum atomic E-state index is 13.1. The van der Waals surface area contributed by atoms with Gasteiger partial charge < -0.3 is 24.8 Å². The minimum atomic E-state index is -3.97. The number of carbonyl (C=O) groups is 3. The molecule has 2 aliphatic carbocycles. The van der Waals surface area contributed by atoms with Gasteiger partial charge in [0.1, 0.15) is 34.2 Å². The zero-order valence-corrected chi connectivity index (χ0v) is 58.9. The number of nitrogens with zero attached hydrogens (tertiary/aromatic N) is 2. The third kappa shape index (κ3) is 20.7. The minimum Gasteiger partial charge on any atom is -0.465 e. The smallest absolute Gasteiger partial charge is 0.348 e. The number of nitriles is 1. The third-order valence-electron chi connectivity index (χ3n) is 12.1. The molecule has 0 spiro atoms. The normalized spacial score (nSPS) is 13.8. The second-order valence-corrected chi connectivity index (χ2v) is 35.7. The van der Waals surface area contributed by atoms with E-state index in [9.17, 15) is 63.4 Å². The van der Waals surface area contributed by atoms with Gasteiger partial charge in [0.25, 0.3) is 0 Å². The number of halogens is 3. The van der Waals surface area contributed by atoms with Gasteiger partial charge in [-0.1, -0.05) is 19.1 Å². The zero-order chi connectivity index (χ0) is 64.7. The van der Waals surface area contributed by atoms with Crippen LogP contribution in [0.2, 0.25) is 0 Å². The molecule has 0 unspecified atom stereocenters. The Morgan fingerprint density at radius 1 is 0.718 bits per heavy atom. The molecule has 1 fully saturated rings. The Bertz CT molecular complexity index is 4020. The summed E-state index contributed by atoms with van der Waals surface area (Å²) in [5.41, 5.74) is 1.21. The van der Waals surface area contributed by atoms with Gasteiger partial charge in [0, 0.05) is 39.9 Å². The molecule has 464 valence electrons. The largest absolute Gasteiger partial charge is 0.465 e. The first-order valence-corrected chi connectivity index (χ1v) is 37.4. The lowest BCUT2D eigenvalue weighted by Crippen LogP contribution is -2.19. The molecule has 1 atom stereocenters.